The smallest absolute Gasteiger partial charge is 0.277 e. The van der Waals surface area contributed by atoms with Crippen molar-refractivity contribution in [2.45, 2.75) is 55.4 Å². The average Bonchev–Trinajstić information content (AvgIpc) is 3.64. The molecule has 0 atom stereocenters. The number of aromatic nitrogens is 2. The number of nitrogens with zero attached hydrogens (tertiary/aromatic N) is 4. The highest BCUT2D eigenvalue weighted by Gasteiger charge is 2.44. The maximum Gasteiger partial charge on any atom is 0.277 e. The van der Waals surface area contributed by atoms with Crippen LogP contribution in [0.4, 0.5) is 5.69 Å². The van der Waals surface area contributed by atoms with Crippen molar-refractivity contribution >= 4 is 27.3 Å². The molecule has 0 unspecified atom stereocenters. The van der Waals surface area contributed by atoms with Crippen molar-refractivity contribution in [3.8, 4) is 11.4 Å². The number of sulfone groups is 1. The van der Waals surface area contributed by atoms with Crippen LogP contribution in [0.1, 0.15) is 60.1 Å². The summed E-state index contributed by atoms with van der Waals surface area (Å²) in [6, 6.07) is 15.2. The Balaban J connectivity index is 1.26. The first-order chi connectivity index (χ1) is 19.2. The van der Waals surface area contributed by atoms with Crippen molar-refractivity contribution in [2.24, 2.45) is 0 Å². The molecule has 1 aromatic heterocycles. The van der Waals surface area contributed by atoms with Crippen LogP contribution >= 0.6 is 0 Å². The number of hydrogen-bond acceptors (Lipinski definition) is 6. The van der Waals surface area contributed by atoms with Crippen molar-refractivity contribution in [3.63, 3.8) is 0 Å². The van der Waals surface area contributed by atoms with Crippen molar-refractivity contribution in [1.82, 2.24) is 14.7 Å². The lowest BCUT2D eigenvalue weighted by molar-refractivity contribution is -0.133. The summed E-state index contributed by atoms with van der Waals surface area (Å²) in [7, 11) is -2.06. The third-order valence-corrected chi connectivity index (χ3v) is 9.61. The van der Waals surface area contributed by atoms with Gasteiger partial charge in [-0.25, -0.2) is 13.1 Å². The first-order valence-corrected chi connectivity index (χ1v) is 15.8. The molecule has 10 heteroatoms. The summed E-state index contributed by atoms with van der Waals surface area (Å²) in [6.45, 7) is 2.03. The number of benzene rings is 2. The van der Waals surface area contributed by atoms with E-state index in [9.17, 15) is 18.0 Å². The van der Waals surface area contributed by atoms with E-state index in [0.717, 1.165) is 57.1 Å². The molecule has 0 radical (unpaired) electrons. The van der Waals surface area contributed by atoms with Gasteiger partial charge in [0.1, 0.15) is 11.4 Å². The minimum atomic E-state index is -3.63. The number of ether oxygens (including phenoxy) is 1. The molecule has 0 bridgehead atoms. The molecular weight excluding hydrogens is 528 g/mol. The zero-order valence-corrected chi connectivity index (χ0v) is 23.7. The quantitative estimate of drug-likeness (QED) is 0.413. The molecule has 9 nitrogen and oxygen atoms in total. The Morgan fingerprint density at radius 3 is 2.25 bits per heavy atom. The summed E-state index contributed by atoms with van der Waals surface area (Å²) in [5.41, 5.74) is 3.43. The molecule has 210 valence electrons. The summed E-state index contributed by atoms with van der Waals surface area (Å²) < 4.78 is 31.8. The van der Waals surface area contributed by atoms with Gasteiger partial charge in [-0.3, -0.25) is 9.59 Å². The lowest BCUT2D eigenvalue weighted by Crippen LogP contribution is -2.39. The molecule has 3 aromatic rings. The van der Waals surface area contributed by atoms with E-state index in [1.807, 2.05) is 17.0 Å². The maximum absolute atomic E-state index is 13.9. The number of carbonyl (C=O) groups is 2. The van der Waals surface area contributed by atoms with E-state index in [1.54, 1.807) is 36.3 Å². The second kappa shape index (κ2) is 10.1. The Morgan fingerprint density at radius 2 is 1.62 bits per heavy atom. The molecule has 2 aromatic carbocycles. The van der Waals surface area contributed by atoms with Crippen molar-refractivity contribution in [2.75, 3.05) is 37.9 Å². The van der Waals surface area contributed by atoms with Gasteiger partial charge in [0.15, 0.2) is 14.9 Å². The molecule has 1 aliphatic carbocycles. The number of anilines is 1. The van der Waals surface area contributed by atoms with Crippen LogP contribution in [0.5, 0.6) is 5.75 Å². The minimum absolute atomic E-state index is 0.0514. The molecule has 1 saturated carbocycles. The van der Waals surface area contributed by atoms with Gasteiger partial charge < -0.3 is 14.5 Å². The third-order valence-electron chi connectivity index (χ3n) is 8.57. The highest BCUT2D eigenvalue weighted by atomic mass is 32.2. The van der Waals surface area contributed by atoms with Crippen LogP contribution in [0.3, 0.4) is 0 Å². The fourth-order valence-electron chi connectivity index (χ4n) is 6.06. The fourth-order valence-corrected chi connectivity index (χ4v) is 6.94. The second-order valence-electron chi connectivity index (χ2n) is 11.1. The molecule has 40 heavy (non-hydrogen) atoms. The third kappa shape index (κ3) is 4.78. The van der Waals surface area contributed by atoms with E-state index >= 15 is 0 Å². The topological polar surface area (TPSA) is 102 Å². The summed E-state index contributed by atoms with van der Waals surface area (Å²) in [5.74, 6) is 0.641. The van der Waals surface area contributed by atoms with Gasteiger partial charge in [-0.15, -0.1) is 0 Å². The van der Waals surface area contributed by atoms with Crippen LogP contribution < -0.4 is 9.64 Å². The molecule has 2 amide bonds. The van der Waals surface area contributed by atoms with E-state index in [1.165, 1.54) is 10.2 Å². The van der Waals surface area contributed by atoms with Gasteiger partial charge in [0.2, 0.25) is 5.91 Å². The normalized spacial score (nSPS) is 18.6. The number of carbonyl (C=O) groups excluding carboxylic acids is 2. The van der Waals surface area contributed by atoms with E-state index in [0.29, 0.717) is 36.4 Å². The zero-order chi connectivity index (χ0) is 28.1. The second-order valence-corrected chi connectivity index (χ2v) is 13.1. The summed E-state index contributed by atoms with van der Waals surface area (Å²) >= 11 is 0. The van der Waals surface area contributed by atoms with E-state index < -0.39 is 9.84 Å². The van der Waals surface area contributed by atoms with E-state index in [2.05, 4.69) is 17.2 Å². The van der Waals surface area contributed by atoms with Gasteiger partial charge in [-0.2, -0.15) is 5.10 Å². The molecule has 1 saturated heterocycles. The van der Waals surface area contributed by atoms with Crippen LogP contribution in [0.25, 0.3) is 5.69 Å². The van der Waals surface area contributed by atoms with Crippen LogP contribution in [0.15, 0.2) is 53.6 Å². The predicted octanol–water partition coefficient (Wildman–Crippen LogP) is 3.92. The Kier molecular flexibility index (Phi) is 6.68. The standard InChI is InChI=1S/C30H34N4O5S/c1-39-24-12-10-23(11-13-24)34-27-25(28(31-34)40(2,37)38)14-19-33(29(27)36)22-8-6-21(7-9-22)30(15-16-30)17-20-32-18-4-3-5-26(32)35/h6-13H,3-5,14-20H2,1-2H3. The molecule has 3 aliphatic rings. The zero-order valence-electron chi connectivity index (χ0n) is 22.9. The van der Waals surface area contributed by atoms with Crippen LogP contribution in [0, 0.1) is 0 Å². The SMILES string of the molecule is COc1ccc(-n2nc(S(C)(=O)=O)c3c2C(=O)N(c2ccc(C4(CCN5CCCCC5=O)CC4)cc2)CC3)cc1. The van der Waals surface area contributed by atoms with E-state index in [-0.39, 0.29) is 27.9 Å². The van der Waals surface area contributed by atoms with Crippen LogP contribution in [-0.2, 0) is 26.5 Å². The molecule has 6 rings (SSSR count). The van der Waals surface area contributed by atoms with Gasteiger partial charge in [-0.05, 0) is 85.9 Å². The molecule has 2 fully saturated rings. The maximum atomic E-state index is 13.9. The number of hydrogen-bond donors (Lipinski definition) is 0. The fraction of sp³-hybridized carbons (Fsp3) is 0.433. The molecular formula is C30H34N4O5S. The number of likely N-dealkylation sites (tertiary alicyclic amines) is 1. The average molecular weight is 563 g/mol. The van der Waals surface area contributed by atoms with Crippen LogP contribution in [0.2, 0.25) is 0 Å². The highest BCUT2D eigenvalue weighted by molar-refractivity contribution is 7.90. The first kappa shape index (κ1) is 26.6. The lowest BCUT2D eigenvalue weighted by Gasteiger charge is -2.29. The van der Waals surface area contributed by atoms with Gasteiger partial charge in [0.05, 0.1) is 12.8 Å². The van der Waals surface area contributed by atoms with Gasteiger partial charge >= 0.3 is 0 Å². The number of methoxy groups -OCH3 is 1. The minimum Gasteiger partial charge on any atom is -0.497 e. The Hall–Kier alpha value is -3.66. The molecule has 3 heterocycles. The van der Waals surface area contributed by atoms with Crippen molar-refractivity contribution < 1.29 is 22.7 Å². The van der Waals surface area contributed by atoms with Crippen LogP contribution in [-0.4, -0.2) is 67.9 Å². The number of piperidine rings is 1. The predicted molar refractivity (Wildman–Crippen MR) is 151 cm³/mol. The number of amides is 2. The monoisotopic (exact) mass is 562 g/mol. The van der Waals surface area contributed by atoms with Gasteiger partial charge in [0, 0.05) is 43.6 Å². The van der Waals surface area contributed by atoms with Gasteiger partial charge in [-0.1, -0.05) is 12.1 Å². The molecule has 0 N–H and O–H groups in total. The number of fused-ring (bicyclic) bond motifs is 1. The Labute approximate surface area is 234 Å². The first-order valence-electron chi connectivity index (χ1n) is 13.9. The summed E-state index contributed by atoms with van der Waals surface area (Å²) in [4.78, 5) is 29.8. The van der Waals surface area contributed by atoms with Crippen molar-refractivity contribution in [1.29, 1.82) is 0 Å². The van der Waals surface area contributed by atoms with E-state index in [4.69, 9.17) is 4.74 Å². The molecule has 0 spiro atoms. The Morgan fingerprint density at radius 1 is 0.925 bits per heavy atom. The molecule has 2 aliphatic heterocycles. The summed E-state index contributed by atoms with van der Waals surface area (Å²) in [5, 5.41) is 4.35. The lowest BCUT2D eigenvalue weighted by atomic mass is 9.91. The van der Waals surface area contributed by atoms with Crippen molar-refractivity contribution in [3.05, 3.63) is 65.4 Å². The van der Waals surface area contributed by atoms with Gasteiger partial charge in [0.25, 0.3) is 5.91 Å². The number of rotatable bonds is 8. The largest absolute Gasteiger partial charge is 0.497 e. The summed E-state index contributed by atoms with van der Waals surface area (Å²) in [6.07, 6.45) is 7.42. The Bertz CT molecular complexity index is 1560. The highest BCUT2D eigenvalue weighted by Crippen LogP contribution is 2.51.